The summed E-state index contributed by atoms with van der Waals surface area (Å²) in [4.78, 5) is 14.5. The number of fused-ring (bicyclic) bond motifs is 7. The van der Waals surface area contributed by atoms with E-state index in [1.807, 2.05) is 6.92 Å². The second kappa shape index (κ2) is 14.2. The van der Waals surface area contributed by atoms with Gasteiger partial charge in [-0.1, -0.05) is 53.2 Å². The standard InChI is InChI=1S/C41H66O14/c1-36(2)11-13-41(35(51)55-34-31(50)29(48)28(47)24(17-42)53-34)14-12-39(5)20(21(41)15-36)7-8-26-37(3)16-22(44)32(54-33-30(49)27(46)23(45)18-52-33)38(4,19-43)25(37)9-10-40(26,39)6/h7,21-34,42-50H,8-19H2,1-6H3/t21-,22-,23-,24+,25+,26+,27-,28+,29-,30+,31+,32-,33-,34-,37-,38-,39+,40+,41-/m0/s1. The number of hydrogen-bond donors (Lipinski definition) is 9. The van der Waals surface area contributed by atoms with Crippen LogP contribution in [0.3, 0.4) is 0 Å². The lowest BCUT2D eigenvalue weighted by atomic mass is 9.33. The highest BCUT2D eigenvalue weighted by atomic mass is 16.7. The van der Waals surface area contributed by atoms with Gasteiger partial charge in [0.2, 0.25) is 6.29 Å². The third-order valence-corrected chi connectivity index (χ3v) is 16.9. The lowest BCUT2D eigenvalue weighted by molar-refractivity contribution is -0.328. The van der Waals surface area contributed by atoms with E-state index in [1.54, 1.807) is 0 Å². The quantitative estimate of drug-likeness (QED) is 0.104. The number of allylic oxidation sites excluding steroid dienone is 2. The van der Waals surface area contributed by atoms with Crippen LogP contribution >= 0.6 is 0 Å². The van der Waals surface area contributed by atoms with Crippen LogP contribution in [-0.4, -0.2) is 139 Å². The normalized spacial score (nSPS) is 54.9. The van der Waals surface area contributed by atoms with E-state index in [1.165, 1.54) is 5.57 Å². The molecule has 4 saturated carbocycles. The number of ether oxygens (including phenoxy) is 4. The topological polar surface area (TPSA) is 236 Å². The van der Waals surface area contributed by atoms with Gasteiger partial charge < -0.3 is 64.9 Å². The maximum atomic E-state index is 14.5. The van der Waals surface area contributed by atoms with Gasteiger partial charge >= 0.3 is 5.97 Å². The van der Waals surface area contributed by atoms with Gasteiger partial charge in [0.05, 0.1) is 37.4 Å². The van der Waals surface area contributed by atoms with Crippen LogP contribution in [0.1, 0.15) is 99.3 Å². The van der Waals surface area contributed by atoms with Crippen LogP contribution < -0.4 is 0 Å². The van der Waals surface area contributed by atoms with Crippen LogP contribution in [-0.2, 0) is 23.7 Å². The van der Waals surface area contributed by atoms with E-state index in [-0.39, 0.29) is 47.2 Å². The first-order valence-corrected chi connectivity index (χ1v) is 20.5. The molecule has 14 nitrogen and oxygen atoms in total. The molecule has 6 fully saturated rings. The minimum absolute atomic E-state index is 0.0622. The summed E-state index contributed by atoms with van der Waals surface area (Å²) in [7, 11) is 0. The highest BCUT2D eigenvalue weighted by Crippen LogP contribution is 2.76. The summed E-state index contributed by atoms with van der Waals surface area (Å²) in [6, 6.07) is 0. The summed E-state index contributed by atoms with van der Waals surface area (Å²) in [5.74, 6) is -0.634. The average Bonchev–Trinajstić information content (AvgIpc) is 3.13. The molecular weight excluding hydrogens is 716 g/mol. The molecule has 0 aromatic heterocycles. The predicted molar refractivity (Wildman–Crippen MR) is 194 cm³/mol. The van der Waals surface area contributed by atoms with Gasteiger partial charge in [0.1, 0.15) is 42.7 Å². The smallest absolute Gasteiger partial charge is 0.315 e. The Hall–Kier alpha value is -1.27. The van der Waals surface area contributed by atoms with Crippen molar-refractivity contribution in [3.8, 4) is 0 Å². The Morgan fingerprint density at radius 3 is 2.13 bits per heavy atom. The molecule has 314 valence electrons. The van der Waals surface area contributed by atoms with Crippen molar-refractivity contribution < 1.29 is 69.7 Å². The molecule has 0 amide bonds. The number of aliphatic hydroxyl groups is 9. The van der Waals surface area contributed by atoms with E-state index < -0.39 is 96.3 Å². The summed E-state index contributed by atoms with van der Waals surface area (Å²) < 4.78 is 23.4. The third kappa shape index (κ3) is 6.13. The molecule has 0 radical (unpaired) electrons. The van der Waals surface area contributed by atoms with E-state index >= 15 is 0 Å². The molecule has 0 aromatic rings. The van der Waals surface area contributed by atoms with Gasteiger partial charge in [-0.25, -0.2) is 0 Å². The Labute approximate surface area is 323 Å². The fraction of sp³-hybridized carbons (Fsp3) is 0.927. The summed E-state index contributed by atoms with van der Waals surface area (Å²) in [5, 5.41) is 95.4. The fourth-order valence-electron chi connectivity index (χ4n) is 13.4. The maximum Gasteiger partial charge on any atom is 0.315 e. The molecule has 0 unspecified atom stereocenters. The van der Waals surface area contributed by atoms with E-state index in [0.29, 0.717) is 32.1 Å². The predicted octanol–water partition coefficient (Wildman–Crippen LogP) is 0.899. The third-order valence-electron chi connectivity index (χ3n) is 16.9. The van der Waals surface area contributed by atoms with Crippen molar-refractivity contribution in [2.45, 2.75) is 167 Å². The lowest BCUT2D eigenvalue weighted by Gasteiger charge is -2.71. The first-order valence-electron chi connectivity index (χ1n) is 20.5. The van der Waals surface area contributed by atoms with Gasteiger partial charge in [-0.15, -0.1) is 0 Å². The molecule has 5 aliphatic carbocycles. The Balaban J connectivity index is 1.19. The number of carbonyl (C=O) groups is 1. The number of rotatable bonds is 6. The molecule has 2 heterocycles. The molecule has 0 bridgehead atoms. The summed E-state index contributed by atoms with van der Waals surface area (Å²) in [6.07, 6.45) is -6.75. The zero-order valence-electron chi connectivity index (χ0n) is 33.2. The van der Waals surface area contributed by atoms with Crippen molar-refractivity contribution >= 4 is 5.97 Å². The van der Waals surface area contributed by atoms with E-state index in [4.69, 9.17) is 18.9 Å². The zero-order chi connectivity index (χ0) is 40.3. The molecule has 9 N–H and O–H groups in total. The van der Waals surface area contributed by atoms with Crippen LogP contribution in [0.15, 0.2) is 11.6 Å². The first-order chi connectivity index (χ1) is 25.6. The molecule has 55 heavy (non-hydrogen) atoms. The summed E-state index contributed by atoms with van der Waals surface area (Å²) in [5.41, 5.74) is -1.65. The van der Waals surface area contributed by atoms with Crippen molar-refractivity contribution in [2.75, 3.05) is 19.8 Å². The first kappa shape index (κ1) is 41.9. The van der Waals surface area contributed by atoms with Crippen molar-refractivity contribution in [1.82, 2.24) is 0 Å². The molecule has 0 aromatic carbocycles. The number of carbonyl (C=O) groups excluding carboxylic acids is 1. The number of hydrogen-bond acceptors (Lipinski definition) is 14. The Bertz CT molecular complexity index is 1490. The average molecular weight is 783 g/mol. The van der Waals surface area contributed by atoms with Crippen LogP contribution in [0.4, 0.5) is 0 Å². The zero-order valence-corrected chi connectivity index (χ0v) is 33.2. The SMILES string of the molecule is CC1(C)CC[C@]2(C(=O)O[C@@H]3O[C@H](CO)[C@@H](O)[C@H](O)[C@H]3O)CC[C@]3(C)C(=CC[C@@H]4[C@@]5(C)C[C@H](O)[C@H](O[C@@H]6OC[C@H](O)[C@H](O)[C@H]6O)[C@@](C)(CO)[C@@H]5CC[C@]43C)[C@@H]2C1. The van der Waals surface area contributed by atoms with Gasteiger partial charge in [-0.2, -0.15) is 0 Å². The maximum absolute atomic E-state index is 14.5. The Morgan fingerprint density at radius 2 is 1.45 bits per heavy atom. The van der Waals surface area contributed by atoms with E-state index in [9.17, 15) is 50.8 Å². The minimum Gasteiger partial charge on any atom is -0.432 e. The fourth-order valence-corrected chi connectivity index (χ4v) is 13.4. The Morgan fingerprint density at radius 1 is 0.782 bits per heavy atom. The van der Waals surface area contributed by atoms with Gasteiger partial charge in [0, 0.05) is 5.41 Å². The van der Waals surface area contributed by atoms with Crippen LogP contribution in [0.25, 0.3) is 0 Å². The highest BCUT2D eigenvalue weighted by molar-refractivity contribution is 5.79. The van der Waals surface area contributed by atoms with Crippen LogP contribution in [0, 0.1) is 50.2 Å². The minimum atomic E-state index is -1.69. The summed E-state index contributed by atoms with van der Waals surface area (Å²) >= 11 is 0. The number of aliphatic hydroxyl groups excluding tert-OH is 9. The molecule has 7 rings (SSSR count). The van der Waals surface area contributed by atoms with Crippen LogP contribution in [0.2, 0.25) is 0 Å². The summed E-state index contributed by atoms with van der Waals surface area (Å²) in [6.45, 7) is 12.2. The molecule has 14 heteroatoms. The lowest BCUT2D eigenvalue weighted by Crippen LogP contribution is -2.69. The van der Waals surface area contributed by atoms with Gasteiger partial charge in [-0.3, -0.25) is 4.79 Å². The molecular formula is C41H66O14. The van der Waals surface area contributed by atoms with Gasteiger partial charge in [0.15, 0.2) is 6.29 Å². The largest absolute Gasteiger partial charge is 0.432 e. The second-order valence-electron chi connectivity index (χ2n) is 20.2. The molecule has 0 spiro atoms. The Kier molecular flexibility index (Phi) is 10.8. The van der Waals surface area contributed by atoms with Gasteiger partial charge in [-0.05, 0) is 97.2 Å². The van der Waals surface area contributed by atoms with E-state index in [2.05, 4.69) is 40.7 Å². The van der Waals surface area contributed by atoms with Crippen molar-refractivity contribution in [2.24, 2.45) is 50.2 Å². The second-order valence-corrected chi connectivity index (χ2v) is 20.2. The number of esters is 1. The van der Waals surface area contributed by atoms with Crippen molar-refractivity contribution in [3.05, 3.63) is 11.6 Å². The van der Waals surface area contributed by atoms with Crippen molar-refractivity contribution in [1.29, 1.82) is 0 Å². The molecule has 2 saturated heterocycles. The molecule has 7 aliphatic rings. The van der Waals surface area contributed by atoms with Crippen molar-refractivity contribution in [3.63, 3.8) is 0 Å². The molecule has 19 atom stereocenters. The van der Waals surface area contributed by atoms with Gasteiger partial charge in [0.25, 0.3) is 0 Å². The highest BCUT2D eigenvalue weighted by Gasteiger charge is 2.71. The van der Waals surface area contributed by atoms with Crippen LogP contribution in [0.5, 0.6) is 0 Å². The molecule has 2 aliphatic heterocycles. The monoisotopic (exact) mass is 782 g/mol. The van der Waals surface area contributed by atoms with E-state index in [0.717, 1.165) is 25.7 Å².